The lowest BCUT2D eigenvalue weighted by molar-refractivity contribution is -0.117. The Balaban J connectivity index is 1.49. The van der Waals surface area contributed by atoms with Crippen LogP contribution >= 0.6 is 11.6 Å². The molecule has 0 saturated heterocycles. The first kappa shape index (κ1) is 21.7. The van der Waals surface area contributed by atoms with Crippen LogP contribution in [0, 0.1) is 0 Å². The third kappa shape index (κ3) is 5.18. The molecule has 0 aliphatic heterocycles. The molecule has 162 valence electrons. The number of ether oxygens (including phenoxy) is 1. The number of carbonyl (C=O) groups excluding carboxylic acids is 1. The summed E-state index contributed by atoms with van der Waals surface area (Å²) in [6.07, 6.45) is 3.34. The van der Waals surface area contributed by atoms with Crippen LogP contribution in [0.25, 0.3) is 17.1 Å². The summed E-state index contributed by atoms with van der Waals surface area (Å²) in [5.41, 5.74) is 2.84. The van der Waals surface area contributed by atoms with Gasteiger partial charge >= 0.3 is 0 Å². The predicted octanol–water partition coefficient (Wildman–Crippen LogP) is 5.66. The van der Waals surface area contributed by atoms with Crippen molar-refractivity contribution in [2.75, 3.05) is 6.61 Å². The van der Waals surface area contributed by atoms with Crippen molar-refractivity contribution in [3.8, 4) is 5.75 Å². The first-order valence-corrected chi connectivity index (χ1v) is 10.9. The van der Waals surface area contributed by atoms with Crippen LogP contribution in [0.4, 0.5) is 0 Å². The van der Waals surface area contributed by atoms with Crippen LogP contribution in [0.5, 0.6) is 5.75 Å². The lowest BCUT2D eigenvalue weighted by Crippen LogP contribution is -2.27. The lowest BCUT2D eigenvalue weighted by atomic mass is 10.2. The maximum atomic E-state index is 12.5. The summed E-state index contributed by atoms with van der Waals surface area (Å²) >= 11 is 6.19. The van der Waals surface area contributed by atoms with Gasteiger partial charge in [0.15, 0.2) is 0 Å². The van der Waals surface area contributed by atoms with Gasteiger partial charge in [-0.05, 0) is 42.8 Å². The Kier molecular flexibility index (Phi) is 6.87. The van der Waals surface area contributed by atoms with E-state index in [1.807, 2.05) is 79.7 Å². The van der Waals surface area contributed by atoms with Gasteiger partial charge < -0.3 is 14.6 Å². The topological polar surface area (TPSA) is 56.2 Å². The van der Waals surface area contributed by atoms with Crippen LogP contribution in [-0.4, -0.2) is 22.1 Å². The summed E-state index contributed by atoms with van der Waals surface area (Å²) in [5.74, 6) is 1.25. The average Bonchev–Trinajstić information content (AvgIpc) is 3.18. The van der Waals surface area contributed by atoms with Gasteiger partial charge in [-0.25, -0.2) is 4.98 Å². The smallest absolute Gasteiger partial charge is 0.244 e. The molecular weight excluding hydrogens is 422 g/mol. The first-order valence-electron chi connectivity index (χ1n) is 10.5. The van der Waals surface area contributed by atoms with Crippen molar-refractivity contribution in [1.82, 2.24) is 14.9 Å². The van der Waals surface area contributed by atoms with E-state index in [0.717, 1.165) is 22.4 Å². The second-order valence-electron chi connectivity index (χ2n) is 7.36. The highest BCUT2D eigenvalue weighted by Gasteiger charge is 2.18. The number of para-hydroxylation sites is 3. The van der Waals surface area contributed by atoms with Crippen molar-refractivity contribution in [1.29, 1.82) is 0 Å². The number of amides is 1. The Hall–Kier alpha value is -3.57. The van der Waals surface area contributed by atoms with E-state index in [0.29, 0.717) is 23.9 Å². The lowest BCUT2D eigenvalue weighted by Gasteiger charge is -2.16. The Labute approximate surface area is 192 Å². The number of benzene rings is 3. The van der Waals surface area contributed by atoms with Crippen LogP contribution in [0.3, 0.4) is 0 Å². The van der Waals surface area contributed by atoms with Gasteiger partial charge in [-0.3, -0.25) is 4.79 Å². The monoisotopic (exact) mass is 445 g/mol. The number of rotatable bonds is 8. The molecule has 6 heteroatoms. The number of imidazole rings is 1. The molecule has 0 spiro atoms. The third-order valence-electron chi connectivity index (χ3n) is 5.07. The molecule has 1 N–H and O–H groups in total. The molecule has 32 heavy (non-hydrogen) atoms. The van der Waals surface area contributed by atoms with Gasteiger partial charge in [0.1, 0.15) is 18.2 Å². The van der Waals surface area contributed by atoms with Gasteiger partial charge in [-0.15, -0.1) is 0 Å². The average molecular weight is 446 g/mol. The molecule has 1 heterocycles. The van der Waals surface area contributed by atoms with Crippen molar-refractivity contribution in [2.24, 2.45) is 0 Å². The van der Waals surface area contributed by atoms with Crippen molar-refractivity contribution < 1.29 is 9.53 Å². The molecule has 0 radical (unpaired) electrons. The largest absolute Gasteiger partial charge is 0.490 e. The number of aromatic nitrogens is 2. The zero-order chi connectivity index (χ0) is 22.3. The fourth-order valence-electron chi connectivity index (χ4n) is 3.53. The minimum atomic E-state index is -0.282. The molecule has 0 aliphatic carbocycles. The van der Waals surface area contributed by atoms with E-state index in [4.69, 9.17) is 21.3 Å². The maximum Gasteiger partial charge on any atom is 0.244 e. The van der Waals surface area contributed by atoms with Gasteiger partial charge in [0.05, 0.1) is 28.6 Å². The molecule has 1 aromatic heterocycles. The van der Waals surface area contributed by atoms with E-state index >= 15 is 0 Å². The summed E-state index contributed by atoms with van der Waals surface area (Å²) in [6, 6.07) is 24.8. The molecule has 1 unspecified atom stereocenters. The second-order valence-corrected chi connectivity index (χ2v) is 7.77. The normalized spacial score (nSPS) is 12.2. The number of halogens is 1. The SMILES string of the molecule is CC(NC(=O)/C=C\c1ccccc1)c1nc2ccccc2n1CCOc1ccccc1Cl. The minimum Gasteiger partial charge on any atom is -0.490 e. The summed E-state index contributed by atoms with van der Waals surface area (Å²) in [7, 11) is 0. The van der Waals surface area contributed by atoms with Crippen LogP contribution in [-0.2, 0) is 11.3 Å². The van der Waals surface area contributed by atoms with E-state index in [9.17, 15) is 4.79 Å². The fourth-order valence-corrected chi connectivity index (χ4v) is 3.72. The standard InChI is InChI=1S/C26H24ClN3O2/c1-19(28-25(31)16-15-20-9-3-2-4-10-20)26-29-22-12-6-7-13-23(22)30(26)17-18-32-24-14-8-5-11-21(24)27/h2-16,19H,17-18H2,1H3,(H,28,31)/b16-15-. The molecule has 3 aromatic carbocycles. The van der Waals surface area contributed by atoms with Crippen molar-refractivity contribution in [2.45, 2.75) is 19.5 Å². The highest BCUT2D eigenvalue weighted by atomic mass is 35.5. The molecule has 0 fully saturated rings. The number of nitrogens with one attached hydrogen (secondary N) is 1. The van der Waals surface area contributed by atoms with E-state index in [2.05, 4.69) is 9.88 Å². The van der Waals surface area contributed by atoms with Crippen LogP contribution < -0.4 is 10.1 Å². The number of fused-ring (bicyclic) bond motifs is 1. The maximum absolute atomic E-state index is 12.5. The van der Waals surface area contributed by atoms with Gasteiger partial charge in [0.25, 0.3) is 0 Å². The number of carbonyl (C=O) groups is 1. The molecule has 0 aliphatic rings. The van der Waals surface area contributed by atoms with E-state index < -0.39 is 0 Å². The third-order valence-corrected chi connectivity index (χ3v) is 5.38. The van der Waals surface area contributed by atoms with Gasteiger partial charge in [-0.2, -0.15) is 0 Å². The summed E-state index contributed by atoms with van der Waals surface area (Å²) < 4.78 is 7.96. The molecular formula is C26H24ClN3O2. The van der Waals surface area contributed by atoms with Crippen LogP contribution in [0.15, 0.2) is 84.9 Å². The molecule has 1 amide bonds. The van der Waals surface area contributed by atoms with Gasteiger partial charge in [0.2, 0.25) is 5.91 Å². The fraction of sp³-hybridized carbons (Fsp3) is 0.154. The van der Waals surface area contributed by atoms with Crippen LogP contribution in [0.2, 0.25) is 5.02 Å². The highest BCUT2D eigenvalue weighted by Crippen LogP contribution is 2.24. The number of hydrogen-bond acceptors (Lipinski definition) is 3. The van der Waals surface area contributed by atoms with Gasteiger partial charge in [0, 0.05) is 6.08 Å². The Bertz CT molecular complexity index is 1230. The molecule has 4 aromatic rings. The highest BCUT2D eigenvalue weighted by molar-refractivity contribution is 6.32. The molecule has 4 rings (SSSR count). The second kappa shape index (κ2) is 10.2. The zero-order valence-electron chi connectivity index (χ0n) is 17.7. The first-order chi connectivity index (χ1) is 15.6. The summed E-state index contributed by atoms with van der Waals surface area (Å²) in [5, 5.41) is 3.59. The molecule has 0 bridgehead atoms. The van der Waals surface area contributed by atoms with Crippen molar-refractivity contribution in [3.63, 3.8) is 0 Å². The molecule has 1 atom stereocenters. The van der Waals surface area contributed by atoms with Crippen LogP contribution in [0.1, 0.15) is 24.4 Å². The Morgan fingerprint density at radius 1 is 1.06 bits per heavy atom. The molecule has 5 nitrogen and oxygen atoms in total. The van der Waals surface area contributed by atoms with Gasteiger partial charge in [-0.1, -0.05) is 66.2 Å². The Morgan fingerprint density at radius 3 is 2.59 bits per heavy atom. The zero-order valence-corrected chi connectivity index (χ0v) is 18.5. The van der Waals surface area contributed by atoms with E-state index in [-0.39, 0.29) is 11.9 Å². The Morgan fingerprint density at radius 2 is 1.78 bits per heavy atom. The van der Waals surface area contributed by atoms with Crippen molar-refractivity contribution >= 4 is 34.6 Å². The summed E-state index contributed by atoms with van der Waals surface area (Å²) in [6.45, 7) is 2.92. The predicted molar refractivity (Wildman–Crippen MR) is 129 cm³/mol. The molecule has 0 saturated carbocycles. The summed E-state index contributed by atoms with van der Waals surface area (Å²) in [4.78, 5) is 17.3. The minimum absolute atomic E-state index is 0.174. The number of nitrogens with zero attached hydrogens (tertiary/aromatic N) is 2. The van der Waals surface area contributed by atoms with Crippen molar-refractivity contribution in [3.05, 3.63) is 101 Å². The van der Waals surface area contributed by atoms with E-state index in [1.165, 1.54) is 0 Å². The quantitative estimate of drug-likeness (QED) is 0.356. The van der Waals surface area contributed by atoms with E-state index in [1.54, 1.807) is 18.2 Å². The number of hydrogen-bond donors (Lipinski definition) is 1.